The topological polar surface area (TPSA) is 90.0 Å². The molecule has 8 nitrogen and oxygen atoms in total. The number of unbranched alkanes of at least 4 members (excludes halogenated alkanes) is 1. The fourth-order valence-corrected chi connectivity index (χ4v) is 6.05. The van der Waals surface area contributed by atoms with Crippen LogP contribution in [0.15, 0.2) is 6.20 Å². The van der Waals surface area contributed by atoms with Gasteiger partial charge >= 0.3 is 5.97 Å². The van der Waals surface area contributed by atoms with E-state index in [-0.39, 0.29) is 11.8 Å². The number of nitrogens with zero attached hydrogens (tertiary/aromatic N) is 2. The summed E-state index contributed by atoms with van der Waals surface area (Å²) < 4.78 is 19.3. The zero-order valence-corrected chi connectivity index (χ0v) is 18.8. The summed E-state index contributed by atoms with van der Waals surface area (Å²) in [5.74, 6) is 3.84. The third-order valence-corrected chi connectivity index (χ3v) is 7.58. The van der Waals surface area contributed by atoms with Gasteiger partial charge in [-0.15, -0.1) is 0 Å². The lowest BCUT2D eigenvalue weighted by Crippen LogP contribution is -2.37. The van der Waals surface area contributed by atoms with Gasteiger partial charge in [-0.25, -0.2) is 4.98 Å². The summed E-state index contributed by atoms with van der Waals surface area (Å²) in [4.78, 5) is 30.2. The number of aromatic nitrogens is 1. The van der Waals surface area contributed by atoms with E-state index in [2.05, 4.69) is 19.3 Å². The van der Waals surface area contributed by atoms with E-state index in [1.54, 1.807) is 7.11 Å². The molecular formula is C21H33N3O5S. The number of hydrogen-bond donors (Lipinski definition) is 2. The number of thiol groups is 1. The molecule has 1 aromatic rings. The molecule has 2 aliphatic rings. The van der Waals surface area contributed by atoms with Crippen LogP contribution in [0.25, 0.3) is 0 Å². The summed E-state index contributed by atoms with van der Waals surface area (Å²) in [7, 11) is 3.08. The molecule has 1 atom stereocenters. The second-order valence-corrected chi connectivity index (χ2v) is 9.57. The van der Waals surface area contributed by atoms with E-state index in [0.29, 0.717) is 32.2 Å². The number of hydrogen-bond acceptors (Lipinski definition) is 8. The predicted molar refractivity (Wildman–Crippen MR) is 118 cm³/mol. The van der Waals surface area contributed by atoms with Gasteiger partial charge in [0.2, 0.25) is 0 Å². The van der Waals surface area contributed by atoms with Crippen LogP contribution >= 0.6 is 11.1 Å². The van der Waals surface area contributed by atoms with Gasteiger partial charge in [0.15, 0.2) is 0 Å². The first-order valence-corrected chi connectivity index (χ1v) is 12.3. The molecular weight excluding hydrogens is 406 g/mol. The van der Waals surface area contributed by atoms with E-state index in [9.17, 15) is 9.59 Å². The van der Waals surface area contributed by atoms with Gasteiger partial charge in [-0.05, 0) is 12.8 Å². The number of Topliss-reactive ketones (excluding diaryl/α,β-unsaturated/α-hetero) is 1. The van der Waals surface area contributed by atoms with Crippen molar-refractivity contribution in [2.75, 3.05) is 52.0 Å². The summed E-state index contributed by atoms with van der Waals surface area (Å²) in [6.45, 7) is 3.88. The Morgan fingerprint density at radius 2 is 1.87 bits per heavy atom. The number of nitrogens with one attached hydrogen (secondary N) is 1. The number of esters is 1. The molecule has 0 aliphatic carbocycles. The van der Waals surface area contributed by atoms with Crippen molar-refractivity contribution in [2.45, 2.75) is 43.6 Å². The number of methoxy groups -OCH3 is 2. The fourth-order valence-electron chi connectivity index (χ4n) is 3.84. The number of morpholine rings is 1. The van der Waals surface area contributed by atoms with E-state index in [1.165, 1.54) is 18.2 Å². The fraction of sp³-hybridized carbons (Fsp3) is 0.667. The number of carbonyl (C=O) groups excluding carboxylic acids is 2. The molecule has 3 rings (SSSR count). The van der Waals surface area contributed by atoms with Crippen LogP contribution in [0.1, 0.15) is 43.2 Å². The van der Waals surface area contributed by atoms with Crippen LogP contribution in [-0.4, -0.2) is 63.8 Å². The van der Waals surface area contributed by atoms with Gasteiger partial charge in [0.1, 0.15) is 17.4 Å². The third-order valence-electron chi connectivity index (χ3n) is 5.52. The standard InChI is InChI=1S/C21H33N3O5S/c1-27-19-13-22-21(24-9-11-29-12-10-24)18-15-30(14-17(18)19)23-8-7-16(25)5-3-4-6-20(26)28-2/h13,23,30H,3-12,14-15H2,1-2H3. The molecule has 2 aliphatic heterocycles. The monoisotopic (exact) mass is 439 g/mol. The lowest BCUT2D eigenvalue weighted by Gasteiger charge is -2.29. The van der Waals surface area contributed by atoms with Crippen molar-refractivity contribution in [3.63, 3.8) is 0 Å². The van der Waals surface area contributed by atoms with Gasteiger partial charge < -0.3 is 19.1 Å². The Bertz CT molecular complexity index is 740. The van der Waals surface area contributed by atoms with Crippen LogP contribution in [0.3, 0.4) is 0 Å². The van der Waals surface area contributed by atoms with Crippen molar-refractivity contribution in [3.05, 3.63) is 17.3 Å². The highest BCUT2D eigenvalue weighted by Gasteiger charge is 2.28. The largest absolute Gasteiger partial charge is 0.495 e. The quantitative estimate of drug-likeness (QED) is 0.308. The van der Waals surface area contributed by atoms with E-state index in [4.69, 9.17) is 9.47 Å². The number of rotatable bonds is 11. The van der Waals surface area contributed by atoms with Crippen LogP contribution in [0.5, 0.6) is 5.75 Å². The van der Waals surface area contributed by atoms with Crippen molar-refractivity contribution >= 4 is 28.7 Å². The van der Waals surface area contributed by atoms with E-state index >= 15 is 0 Å². The molecule has 1 N–H and O–H groups in total. The Hall–Kier alpha value is -1.84. The number of carbonyl (C=O) groups is 2. The van der Waals surface area contributed by atoms with Crippen molar-refractivity contribution in [3.8, 4) is 5.75 Å². The Balaban J connectivity index is 1.46. The van der Waals surface area contributed by atoms with Gasteiger partial charge in [0, 0.05) is 61.5 Å². The first kappa shape index (κ1) is 22.8. The van der Waals surface area contributed by atoms with Crippen LogP contribution < -0.4 is 14.4 Å². The summed E-state index contributed by atoms with van der Waals surface area (Å²) in [6, 6.07) is 0. The van der Waals surface area contributed by atoms with Crippen molar-refractivity contribution < 1.29 is 23.8 Å². The average Bonchev–Trinajstić information content (AvgIpc) is 3.20. The minimum absolute atomic E-state index is 0.214. The van der Waals surface area contributed by atoms with Crippen molar-refractivity contribution in [1.82, 2.24) is 9.71 Å². The number of anilines is 1. The first-order chi connectivity index (χ1) is 14.6. The maximum Gasteiger partial charge on any atom is 0.305 e. The van der Waals surface area contributed by atoms with Crippen LogP contribution in [-0.2, 0) is 30.6 Å². The SMILES string of the molecule is COC(=O)CCCCC(=O)CCN[SH]1Cc2c(OC)cnc(N3CCOCC3)c2C1. The Kier molecular flexibility index (Phi) is 8.77. The molecule has 30 heavy (non-hydrogen) atoms. The van der Waals surface area contributed by atoms with Gasteiger partial charge in [-0.2, -0.15) is 11.1 Å². The zero-order chi connectivity index (χ0) is 21.3. The molecule has 0 amide bonds. The molecule has 9 heteroatoms. The summed E-state index contributed by atoms with van der Waals surface area (Å²) in [5, 5.41) is 0. The summed E-state index contributed by atoms with van der Waals surface area (Å²) >= 11 is -0.430. The lowest BCUT2D eigenvalue weighted by molar-refractivity contribution is -0.140. The molecule has 0 aromatic carbocycles. The van der Waals surface area contributed by atoms with Gasteiger partial charge in [0.25, 0.3) is 0 Å². The van der Waals surface area contributed by atoms with Crippen molar-refractivity contribution in [2.24, 2.45) is 0 Å². The lowest BCUT2D eigenvalue weighted by atomic mass is 10.1. The van der Waals surface area contributed by atoms with Gasteiger partial charge in [0.05, 0.1) is 33.6 Å². The highest BCUT2D eigenvalue weighted by atomic mass is 32.2. The minimum atomic E-state index is -0.430. The second-order valence-electron chi connectivity index (χ2n) is 7.54. The van der Waals surface area contributed by atoms with E-state index in [0.717, 1.165) is 55.8 Å². The molecule has 3 heterocycles. The highest BCUT2D eigenvalue weighted by Crippen LogP contribution is 2.46. The maximum atomic E-state index is 12.1. The molecule has 0 saturated carbocycles. The summed E-state index contributed by atoms with van der Waals surface area (Å²) in [6.07, 6.45) is 4.70. The maximum absolute atomic E-state index is 12.1. The van der Waals surface area contributed by atoms with E-state index in [1.807, 2.05) is 6.20 Å². The molecule has 168 valence electrons. The molecule has 0 bridgehead atoms. The number of fused-ring (bicyclic) bond motifs is 1. The van der Waals surface area contributed by atoms with Crippen molar-refractivity contribution in [1.29, 1.82) is 0 Å². The molecule has 0 radical (unpaired) electrons. The second kappa shape index (κ2) is 11.5. The smallest absolute Gasteiger partial charge is 0.305 e. The molecule has 0 spiro atoms. The normalized spacial score (nSPS) is 19.4. The summed E-state index contributed by atoms with van der Waals surface area (Å²) in [5.41, 5.74) is 2.53. The zero-order valence-electron chi connectivity index (χ0n) is 17.9. The Morgan fingerprint density at radius 1 is 1.13 bits per heavy atom. The van der Waals surface area contributed by atoms with Crippen LogP contribution in [0.2, 0.25) is 0 Å². The number of ketones is 1. The third kappa shape index (κ3) is 6.09. The molecule has 1 fully saturated rings. The molecule has 1 saturated heterocycles. The highest BCUT2D eigenvalue weighted by molar-refractivity contribution is 8.14. The molecule has 1 aromatic heterocycles. The van der Waals surface area contributed by atoms with Crippen LogP contribution in [0, 0.1) is 0 Å². The van der Waals surface area contributed by atoms with Crippen LogP contribution in [0.4, 0.5) is 5.82 Å². The number of pyridine rings is 1. The minimum Gasteiger partial charge on any atom is -0.495 e. The van der Waals surface area contributed by atoms with Gasteiger partial charge in [-0.3, -0.25) is 14.3 Å². The molecule has 1 unspecified atom stereocenters. The Morgan fingerprint density at radius 3 is 2.60 bits per heavy atom. The average molecular weight is 440 g/mol. The first-order valence-electron chi connectivity index (χ1n) is 10.6. The van der Waals surface area contributed by atoms with E-state index < -0.39 is 11.1 Å². The van der Waals surface area contributed by atoms with Gasteiger partial charge in [-0.1, -0.05) is 0 Å². The number of ether oxygens (including phenoxy) is 3. The Labute approximate surface area is 181 Å². The predicted octanol–water partition coefficient (Wildman–Crippen LogP) is 2.14.